The number of aryl methyl sites for hydroxylation is 1. The molecule has 0 aliphatic heterocycles. The number of nitrogens with two attached hydrogens (primary N) is 1. The van der Waals surface area contributed by atoms with Crippen molar-refractivity contribution in [2.75, 3.05) is 5.73 Å². The first-order valence-electron chi connectivity index (χ1n) is 4.90. The highest BCUT2D eigenvalue weighted by molar-refractivity contribution is 9.10. The summed E-state index contributed by atoms with van der Waals surface area (Å²) in [6.45, 7) is 1.92. The summed E-state index contributed by atoms with van der Waals surface area (Å²) in [4.78, 5) is 0. The minimum Gasteiger partial charge on any atom is -0.399 e. The van der Waals surface area contributed by atoms with Gasteiger partial charge in [0.25, 0.3) is 0 Å². The Kier molecular flexibility index (Phi) is 2.97. The summed E-state index contributed by atoms with van der Waals surface area (Å²) in [5.41, 5.74) is 8.79. The second kappa shape index (κ2) is 4.26. The molecule has 0 fully saturated rings. The van der Waals surface area contributed by atoms with Gasteiger partial charge in [-0.25, -0.2) is 4.39 Å². The van der Waals surface area contributed by atoms with E-state index in [-0.39, 0.29) is 5.82 Å². The van der Waals surface area contributed by atoms with E-state index in [4.69, 9.17) is 5.73 Å². The van der Waals surface area contributed by atoms with Crippen LogP contribution in [-0.2, 0) is 0 Å². The lowest BCUT2D eigenvalue weighted by molar-refractivity contribution is 0.624. The van der Waals surface area contributed by atoms with Gasteiger partial charge in [0.1, 0.15) is 5.82 Å². The van der Waals surface area contributed by atoms with Gasteiger partial charge in [-0.2, -0.15) is 0 Å². The van der Waals surface area contributed by atoms with E-state index in [2.05, 4.69) is 15.9 Å². The van der Waals surface area contributed by atoms with E-state index in [9.17, 15) is 4.39 Å². The number of anilines is 1. The first-order chi connectivity index (χ1) is 7.59. The molecule has 1 nitrogen and oxygen atoms in total. The average molecular weight is 280 g/mol. The van der Waals surface area contributed by atoms with Crippen LogP contribution < -0.4 is 5.73 Å². The van der Waals surface area contributed by atoms with Gasteiger partial charge in [-0.1, -0.05) is 18.2 Å². The summed E-state index contributed by atoms with van der Waals surface area (Å²) in [7, 11) is 0. The van der Waals surface area contributed by atoms with Gasteiger partial charge in [0.2, 0.25) is 0 Å². The summed E-state index contributed by atoms with van der Waals surface area (Å²) < 4.78 is 14.4. The van der Waals surface area contributed by atoms with E-state index >= 15 is 0 Å². The zero-order valence-electron chi connectivity index (χ0n) is 8.80. The molecule has 0 heterocycles. The summed E-state index contributed by atoms with van der Waals surface area (Å²) in [5, 5.41) is 0. The molecule has 0 aliphatic carbocycles. The molecule has 0 amide bonds. The van der Waals surface area contributed by atoms with Crippen molar-refractivity contribution in [3.63, 3.8) is 0 Å². The summed E-state index contributed by atoms with van der Waals surface area (Å²) >= 11 is 3.18. The van der Waals surface area contributed by atoms with Crippen LogP contribution in [0.25, 0.3) is 11.1 Å². The van der Waals surface area contributed by atoms with Crippen LogP contribution in [0, 0.1) is 12.7 Å². The molecule has 0 aromatic heterocycles. The minimum absolute atomic E-state index is 0.240. The van der Waals surface area contributed by atoms with E-state index in [1.807, 2.05) is 25.1 Å². The van der Waals surface area contributed by atoms with Crippen LogP contribution in [0.15, 0.2) is 40.9 Å². The van der Waals surface area contributed by atoms with Crippen molar-refractivity contribution < 1.29 is 4.39 Å². The van der Waals surface area contributed by atoms with Gasteiger partial charge in [-0.3, -0.25) is 0 Å². The van der Waals surface area contributed by atoms with Crippen molar-refractivity contribution in [1.82, 2.24) is 0 Å². The van der Waals surface area contributed by atoms with Crippen molar-refractivity contribution in [3.8, 4) is 11.1 Å². The average Bonchev–Trinajstić information content (AvgIpc) is 2.23. The number of rotatable bonds is 1. The van der Waals surface area contributed by atoms with E-state index in [0.717, 1.165) is 11.1 Å². The molecule has 0 saturated carbocycles. The Morgan fingerprint density at radius 1 is 1.12 bits per heavy atom. The Labute approximate surface area is 102 Å². The summed E-state index contributed by atoms with van der Waals surface area (Å²) in [6.07, 6.45) is 0. The molecule has 0 atom stereocenters. The zero-order chi connectivity index (χ0) is 11.7. The van der Waals surface area contributed by atoms with Gasteiger partial charge in [-0.05, 0) is 52.2 Å². The third-order valence-corrected chi connectivity index (χ3v) is 3.10. The molecule has 0 bridgehead atoms. The molecule has 0 unspecified atom stereocenters. The molecular formula is C13H11BrFN. The molecule has 0 saturated heterocycles. The second-order valence-corrected chi connectivity index (χ2v) is 4.53. The maximum atomic E-state index is 13.9. The van der Waals surface area contributed by atoms with Crippen molar-refractivity contribution in [3.05, 3.63) is 52.3 Å². The predicted octanol–water partition coefficient (Wildman–Crippen LogP) is 4.15. The Morgan fingerprint density at radius 3 is 2.56 bits per heavy atom. The molecule has 2 N–H and O–H groups in total. The number of halogens is 2. The van der Waals surface area contributed by atoms with Gasteiger partial charge < -0.3 is 5.73 Å². The molecule has 2 aromatic rings. The van der Waals surface area contributed by atoms with Crippen LogP contribution in [0.2, 0.25) is 0 Å². The maximum absolute atomic E-state index is 13.9. The fourth-order valence-electron chi connectivity index (χ4n) is 1.70. The highest BCUT2D eigenvalue weighted by Gasteiger charge is 2.09. The number of nitrogen functional groups attached to an aromatic ring is 1. The standard InChI is InChI=1S/C13H11BrFN/c1-8-7-9(16)5-6-10(8)11-3-2-4-12(14)13(11)15/h2-7H,16H2,1H3. The SMILES string of the molecule is Cc1cc(N)ccc1-c1cccc(Br)c1F. The van der Waals surface area contributed by atoms with Gasteiger partial charge in [0.05, 0.1) is 4.47 Å². The predicted molar refractivity (Wildman–Crippen MR) is 68.7 cm³/mol. The first-order valence-corrected chi connectivity index (χ1v) is 5.69. The van der Waals surface area contributed by atoms with E-state index in [1.165, 1.54) is 0 Å². The van der Waals surface area contributed by atoms with E-state index < -0.39 is 0 Å². The van der Waals surface area contributed by atoms with Gasteiger partial charge >= 0.3 is 0 Å². The lowest BCUT2D eigenvalue weighted by atomic mass is 10.00. The summed E-state index contributed by atoms with van der Waals surface area (Å²) in [5.74, 6) is -0.240. The molecule has 82 valence electrons. The van der Waals surface area contributed by atoms with Crippen molar-refractivity contribution in [1.29, 1.82) is 0 Å². The smallest absolute Gasteiger partial charge is 0.145 e. The lowest BCUT2D eigenvalue weighted by Crippen LogP contribution is -1.91. The first kappa shape index (κ1) is 11.1. The fourth-order valence-corrected chi connectivity index (χ4v) is 2.07. The van der Waals surface area contributed by atoms with Gasteiger partial charge in [0.15, 0.2) is 0 Å². The third kappa shape index (κ3) is 1.95. The molecule has 2 rings (SSSR count). The van der Waals surface area contributed by atoms with E-state index in [1.54, 1.807) is 18.2 Å². The highest BCUT2D eigenvalue weighted by atomic mass is 79.9. The summed E-state index contributed by atoms with van der Waals surface area (Å²) in [6, 6.07) is 10.7. The van der Waals surface area contributed by atoms with Crippen molar-refractivity contribution in [2.45, 2.75) is 6.92 Å². The van der Waals surface area contributed by atoms with Crippen LogP contribution in [0.4, 0.5) is 10.1 Å². The lowest BCUT2D eigenvalue weighted by Gasteiger charge is -2.09. The molecule has 3 heteroatoms. The van der Waals surface area contributed by atoms with Crippen molar-refractivity contribution >= 4 is 21.6 Å². The Bertz CT molecular complexity index is 537. The van der Waals surface area contributed by atoms with Gasteiger partial charge in [-0.15, -0.1) is 0 Å². The largest absolute Gasteiger partial charge is 0.399 e. The van der Waals surface area contributed by atoms with Crippen LogP contribution >= 0.6 is 15.9 Å². The molecule has 16 heavy (non-hydrogen) atoms. The Balaban J connectivity index is 2.63. The van der Waals surface area contributed by atoms with Crippen LogP contribution in [0.5, 0.6) is 0 Å². The second-order valence-electron chi connectivity index (χ2n) is 3.68. The van der Waals surface area contributed by atoms with Crippen LogP contribution in [-0.4, -0.2) is 0 Å². The van der Waals surface area contributed by atoms with Crippen molar-refractivity contribution in [2.24, 2.45) is 0 Å². The molecule has 0 aliphatic rings. The van der Waals surface area contributed by atoms with Crippen LogP contribution in [0.1, 0.15) is 5.56 Å². The van der Waals surface area contributed by atoms with E-state index in [0.29, 0.717) is 15.7 Å². The topological polar surface area (TPSA) is 26.0 Å². The monoisotopic (exact) mass is 279 g/mol. The zero-order valence-corrected chi connectivity index (χ0v) is 10.4. The maximum Gasteiger partial charge on any atom is 0.145 e. The minimum atomic E-state index is -0.240. The number of hydrogen-bond acceptors (Lipinski definition) is 1. The van der Waals surface area contributed by atoms with Gasteiger partial charge in [0, 0.05) is 11.3 Å². The Morgan fingerprint density at radius 2 is 1.88 bits per heavy atom. The Hall–Kier alpha value is -1.35. The molecular weight excluding hydrogens is 269 g/mol. The normalized spacial score (nSPS) is 10.4. The molecule has 0 spiro atoms. The molecule has 0 radical (unpaired) electrons. The van der Waals surface area contributed by atoms with Crippen LogP contribution in [0.3, 0.4) is 0 Å². The number of benzene rings is 2. The fraction of sp³-hybridized carbons (Fsp3) is 0.0769. The number of hydrogen-bond donors (Lipinski definition) is 1. The molecule has 2 aromatic carbocycles. The quantitative estimate of drug-likeness (QED) is 0.780. The third-order valence-electron chi connectivity index (χ3n) is 2.49. The highest BCUT2D eigenvalue weighted by Crippen LogP contribution is 2.30.